The Morgan fingerprint density at radius 2 is 2.10 bits per heavy atom. The molecule has 0 spiro atoms. The lowest BCUT2D eigenvalue weighted by Crippen LogP contribution is -2.46. The molecular formula is C15H21F3N2S. The maximum absolute atomic E-state index is 12.6. The average molecular weight is 318 g/mol. The van der Waals surface area contributed by atoms with Crippen LogP contribution >= 0.6 is 11.8 Å². The minimum atomic E-state index is -4.27. The van der Waals surface area contributed by atoms with Crippen LogP contribution in [-0.4, -0.2) is 36.3 Å². The fourth-order valence-electron chi connectivity index (χ4n) is 2.75. The predicted molar refractivity (Wildman–Crippen MR) is 80.4 cm³/mol. The van der Waals surface area contributed by atoms with E-state index in [9.17, 15) is 13.2 Å². The van der Waals surface area contributed by atoms with E-state index in [0.29, 0.717) is 10.8 Å². The lowest BCUT2D eigenvalue weighted by Gasteiger charge is -2.34. The lowest BCUT2D eigenvalue weighted by molar-refractivity contribution is -0.137. The first-order valence-corrected chi connectivity index (χ1v) is 8.11. The van der Waals surface area contributed by atoms with Crippen LogP contribution in [0.25, 0.3) is 0 Å². The normalized spacial score (nSPS) is 24.2. The van der Waals surface area contributed by atoms with Crippen molar-refractivity contribution in [2.75, 3.05) is 25.4 Å². The molecule has 2 unspecified atom stereocenters. The van der Waals surface area contributed by atoms with Gasteiger partial charge in [0.2, 0.25) is 0 Å². The summed E-state index contributed by atoms with van der Waals surface area (Å²) >= 11 is 1.46. The second kappa shape index (κ2) is 7.03. The van der Waals surface area contributed by atoms with Crippen molar-refractivity contribution in [2.24, 2.45) is 11.7 Å². The van der Waals surface area contributed by atoms with E-state index in [2.05, 4.69) is 11.8 Å². The molecule has 2 nitrogen and oxygen atoms in total. The number of alkyl halides is 3. The number of piperidine rings is 1. The van der Waals surface area contributed by atoms with Crippen molar-refractivity contribution in [1.29, 1.82) is 0 Å². The Hall–Kier alpha value is -0.720. The molecule has 1 saturated heterocycles. The van der Waals surface area contributed by atoms with E-state index in [1.165, 1.54) is 23.9 Å². The van der Waals surface area contributed by atoms with Crippen molar-refractivity contribution in [3.8, 4) is 0 Å². The summed E-state index contributed by atoms with van der Waals surface area (Å²) in [5.41, 5.74) is 5.41. The third-order valence-corrected chi connectivity index (χ3v) is 4.58. The highest BCUT2D eigenvalue weighted by Crippen LogP contribution is 2.31. The number of nitrogens with zero attached hydrogens (tertiary/aromatic N) is 1. The molecule has 0 radical (unpaired) electrons. The van der Waals surface area contributed by atoms with Gasteiger partial charge in [0.05, 0.1) is 5.56 Å². The highest BCUT2D eigenvalue weighted by atomic mass is 32.2. The van der Waals surface area contributed by atoms with Gasteiger partial charge < -0.3 is 10.6 Å². The molecule has 0 amide bonds. The smallest absolute Gasteiger partial charge is 0.327 e. The van der Waals surface area contributed by atoms with Gasteiger partial charge in [-0.1, -0.05) is 13.0 Å². The van der Waals surface area contributed by atoms with Crippen molar-refractivity contribution in [1.82, 2.24) is 4.90 Å². The zero-order valence-corrected chi connectivity index (χ0v) is 12.9. The number of rotatable bonds is 4. The van der Waals surface area contributed by atoms with Crippen molar-refractivity contribution >= 4 is 11.8 Å². The molecule has 1 aliphatic rings. The summed E-state index contributed by atoms with van der Waals surface area (Å²) in [5, 5.41) is 0. The second-order valence-electron chi connectivity index (χ2n) is 5.73. The molecule has 6 heteroatoms. The van der Waals surface area contributed by atoms with Gasteiger partial charge in [0, 0.05) is 36.3 Å². The second-order valence-corrected chi connectivity index (χ2v) is 6.90. The number of likely N-dealkylation sites (tertiary alicyclic amines) is 1. The Morgan fingerprint density at radius 1 is 1.33 bits per heavy atom. The molecule has 2 rings (SSSR count). The molecule has 1 aliphatic heterocycles. The first-order chi connectivity index (χ1) is 9.84. The van der Waals surface area contributed by atoms with E-state index < -0.39 is 11.7 Å². The van der Waals surface area contributed by atoms with Crippen molar-refractivity contribution in [3.05, 3.63) is 29.8 Å². The van der Waals surface area contributed by atoms with Gasteiger partial charge in [0.15, 0.2) is 0 Å². The summed E-state index contributed by atoms with van der Waals surface area (Å²) in [6.45, 7) is 4.95. The Morgan fingerprint density at radius 3 is 2.76 bits per heavy atom. The number of hydrogen-bond acceptors (Lipinski definition) is 3. The van der Waals surface area contributed by atoms with E-state index >= 15 is 0 Å². The first kappa shape index (κ1) is 16.6. The van der Waals surface area contributed by atoms with E-state index in [0.717, 1.165) is 37.9 Å². The largest absolute Gasteiger partial charge is 0.416 e. The van der Waals surface area contributed by atoms with E-state index in [4.69, 9.17) is 5.73 Å². The van der Waals surface area contributed by atoms with Gasteiger partial charge in [-0.15, -0.1) is 11.8 Å². The molecule has 2 N–H and O–H groups in total. The van der Waals surface area contributed by atoms with Gasteiger partial charge in [-0.25, -0.2) is 0 Å². The highest BCUT2D eigenvalue weighted by molar-refractivity contribution is 7.99. The molecule has 1 aromatic rings. The molecule has 0 bridgehead atoms. The molecule has 1 heterocycles. The maximum atomic E-state index is 12.6. The Labute approximate surface area is 127 Å². The van der Waals surface area contributed by atoms with Crippen LogP contribution in [0.1, 0.15) is 18.9 Å². The van der Waals surface area contributed by atoms with Crippen LogP contribution in [0.15, 0.2) is 29.2 Å². The number of nitrogens with two attached hydrogens (primary N) is 1. The van der Waals surface area contributed by atoms with Gasteiger partial charge in [0.1, 0.15) is 0 Å². The van der Waals surface area contributed by atoms with E-state index in [1.807, 2.05) is 0 Å². The average Bonchev–Trinajstić information content (AvgIpc) is 2.37. The number of thioether (sulfide) groups is 1. The Bertz CT molecular complexity index is 454. The van der Waals surface area contributed by atoms with Gasteiger partial charge >= 0.3 is 6.18 Å². The third-order valence-electron chi connectivity index (χ3n) is 3.61. The molecule has 1 fully saturated rings. The SMILES string of the molecule is CC1CC(N)CN(CCSc2cccc(C(F)(F)F)c2)C1. The molecule has 0 saturated carbocycles. The maximum Gasteiger partial charge on any atom is 0.416 e. The van der Waals surface area contributed by atoms with Gasteiger partial charge in [-0.3, -0.25) is 0 Å². The topological polar surface area (TPSA) is 29.3 Å². The van der Waals surface area contributed by atoms with Crippen LogP contribution in [0.2, 0.25) is 0 Å². The van der Waals surface area contributed by atoms with Gasteiger partial charge in [-0.2, -0.15) is 13.2 Å². The standard InChI is InChI=1S/C15H21F3N2S/c1-11-7-13(19)10-20(9-11)5-6-21-14-4-2-3-12(8-14)15(16,17)18/h2-4,8,11,13H,5-7,9-10,19H2,1H3. The first-order valence-electron chi connectivity index (χ1n) is 7.12. The lowest BCUT2D eigenvalue weighted by atomic mass is 9.97. The monoisotopic (exact) mass is 318 g/mol. The fourth-order valence-corrected chi connectivity index (χ4v) is 3.72. The quantitative estimate of drug-likeness (QED) is 0.862. The van der Waals surface area contributed by atoms with Crippen LogP contribution in [0.5, 0.6) is 0 Å². The molecule has 2 atom stereocenters. The predicted octanol–water partition coefficient (Wildman–Crippen LogP) is 3.47. The number of hydrogen-bond donors (Lipinski definition) is 1. The van der Waals surface area contributed by atoms with Crippen molar-refractivity contribution < 1.29 is 13.2 Å². The molecule has 118 valence electrons. The summed E-state index contributed by atoms with van der Waals surface area (Å²) in [6.07, 6.45) is -3.22. The van der Waals surface area contributed by atoms with E-state index in [1.54, 1.807) is 6.07 Å². The van der Waals surface area contributed by atoms with Gasteiger partial charge in [-0.05, 0) is 30.5 Å². The molecule has 21 heavy (non-hydrogen) atoms. The number of halogens is 3. The molecule has 0 aromatic heterocycles. The zero-order chi connectivity index (χ0) is 15.5. The van der Waals surface area contributed by atoms with Crippen LogP contribution in [0.4, 0.5) is 13.2 Å². The Balaban J connectivity index is 1.83. The zero-order valence-electron chi connectivity index (χ0n) is 12.1. The van der Waals surface area contributed by atoms with Crippen molar-refractivity contribution in [3.63, 3.8) is 0 Å². The summed E-state index contributed by atoms with van der Waals surface area (Å²) < 4.78 is 37.9. The molecular weight excluding hydrogens is 297 g/mol. The molecule has 1 aromatic carbocycles. The summed E-state index contributed by atoms with van der Waals surface area (Å²) in [5.74, 6) is 1.37. The molecule has 0 aliphatic carbocycles. The minimum absolute atomic E-state index is 0.215. The summed E-state index contributed by atoms with van der Waals surface area (Å²) in [7, 11) is 0. The van der Waals surface area contributed by atoms with Crippen LogP contribution in [-0.2, 0) is 6.18 Å². The fraction of sp³-hybridized carbons (Fsp3) is 0.600. The van der Waals surface area contributed by atoms with Crippen LogP contribution < -0.4 is 5.73 Å². The third kappa shape index (κ3) is 5.20. The van der Waals surface area contributed by atoms with E-state index in [-0.39, 0.29) is 6.04 Å². The minimum Gasteiger partial charge on any atom is -0.327 e. The summed E-state index contributed by atoms with van der Waals surface area (Å²) in [6, 6.07) is 5.73. The Kier molecular flexibility index (Phi) is 5.57. The highest BCUT2D eigenvalue weighted by Gasteiger charge is 2.30. The van der Waals surface area contributed by atoms with Crippen molar-refractivity contribution in [2.45, 2.75) is 30.5 Å². The number of benzene rings is 1. The van der Waals surface area contributed by atoms with Crippen LogP contribution in [0, 0.1) is 5.92 Å². The van der Waals surface area contributed by atoms with Crippen LogP contribution in [0.3, 0.4) is 0 Å². The van der Waals surface area contributed by atoms with Gasteiger partial charge in [0.25, 0.3) is 0 Å². The summed E-state index contributed by atoms with van der Waals surface area (Å²) in [4.78, 5) is 2.97.